The SMILES string of the molecule is CCC1CCC(C)N1CCCOc1cccc(C#N)c1. The minimum atomic E-state index is 0.654. The van der Waals surface area contributed by atoms with Crippen LogP contribution in [0.5, 0.6) is 5.75 Å². The number of likely N-dealkylation sites (tertiary alicyclic amines) is 1. The topological polar surface area (TPSA) is 36.3 Å². The van der Waals surface area contributed by atoms with Gasteiger partial charge in [-0.15, -0.1) is 0 Å². The lowest BCUT2D eigenvalue weighted by molar-refractivity contribution is 0.179. The Morgan fingerprint density at radius 1 is 1.40 bits per heavy atom. The molecule has 0 saturated carbocycles. The maximum Gasteiger partial charge on any atom is 0.120 e. The molecule has 0 aromatic heterocycles. The van der Waals surface area contributed by atoms with E-state index < -0.39 is 0 Å². The van der Waals surface area contributed by atoms with Gasteiger partial charge in [0.25, 0.3) is 0 Å². The lowest BCUT2D eigenvalue weighted by Crippen LogP contribution is -2.35. The summed E-state index contributed by atoms with van der Waals surface area (Å²) in [6.07, 6.45) is 4.94. The minimum Gasteiger partial charge on any atom is -0.494 e. The summed E-state index contributed by atoms with van der Waals surface area (Å²) in [6.45, 7) is 6.43. The Morgan fingerprint density at radius 3 is 3.00 bits per heavy atom. The first-order valence-electron chi connectivity index (χ1n) is 7.63. The van der Waals surface area contributed by atoms with Gasteiger partial charge in [0.2, 0.25) is 0 Å². The molecular weight excluding hydrogens is 248 g/mol. The summed E-state index contributed by atoms with van der Waals surface area (Å²) in [7, 11) is 0. The molecule has 2 unspecified atom stereocenters. The molecule has 1 heterocycles. The predicted molar refractivity (Wildman–Crippen MR) is 80.8 cm³/mol. The van der Waals surface area contributed by atoms with Gasteiger partial charge in [-0.05, 0) is 50.8 Å². The molecule has 1 aliphatic heterocycles. The van der Waals surface area contributed by atoms with Crippen molar-refractivity contribution in [3.05, 3.63) is 29.8 Å². The van der Waals surface area contributed by atoms with E-state index in [1.54, 1.807) is 12.1 Å². The number of nitrogens with zero attached hydrogens (tertiary/aromatic N) is 2. The van der Waals surface area contributed by atoms with Gasteiger partial charge in [-0.1, -0.05) is 13.0 Å². The van der Waals surface area contributed by atoms with Crippen LogP contribution in [0, 0.1) is 11.3 Å². The van der Waals surface area contributed by atoms with Gasteiger partial charge in [0.05, 0.1) is 18.2 Å². The van der Waals surface area contributed by atoms with Crippen molar-refractivity contribution in [1.29, 1.82) is 5.26 Å². The van der Waals surface area contributed by atoms with Gasteiger partial charge in [-0.3, -0.25) is 4.90 Å². The zero-order valence-corrected chi connectivity index (χ0v) is 12.5. The van der Waals surface area contributed by atoms with E-state index in [1.807, 2.05) is 12.1 Å². The lowest BCUT2D eigenvalue weighted by Gasteiger charge is -2.27. The minimum absolute atomic E-state index is 0.654. The molecule has 3 heteroatoms. The number of benzene rings is 1. The Morgan fingerprint density at radius 2 is 2.25 bits per heavy atom. The normalized spacial score (nSPS) is 22.6. The van der Waals surface area contributed by atoms with Crippen LogP contribution in [0.25, 0.3) is 0 Å². The molecule has 0 N–H and O–H groups in total. The molecule has 108 valence electrons. The van der Waals surface area contributed by atoms with Gasteiger partial charge in [0, 0.05) is 18.6 Å². The first-order valence-corrected chi connectivity index (χ1v) is 7.63. The average molecular weight is 272 g/mol. The third-order valence-electron chi connectivity index (χ3n) is 4.22. The van der Waals surface area contributed by atoms with Crippen molar-refractivity contribution in [3.63, 3.8) is 0 Å². The molecule has 20 heavy (non-hydrogen) atoms. The number of nitriles is 1. The van der Waals surface area contributed by atoms with Crippen LogP contribution in [0.4, 0.5) is 0 Å². The van der Waals surface area contributed by atoms with Crippen LogP contribution in [-0.2, 0) is 0 Å². The van der Waals surface area contributed by atoms with Gasteiger partial charge in [0.15, 0.2) is 0 Å². The summed E-state index contributed by atoms with van der Waals surface area (Å²) >= 11 is 0. The molecule has 1 saturated heterocycles. The second-order valence-electron chi connectivity index (χ2n) is 5.57. The van der Waals surface area contributed by atoms with Gasteiger partial charge >= 0.3 is 0 Å². The van der Waals surface area contributed by atoms with Crippen molar-refractivity contribution < 1.29 is 4.74 Å². The summed E-state index contributed by atoms with van der Waals surface area (Å²) < 4.78 is 5.73. The summed E-state index contributed by atoms with van der Waals surface area (Å²) in [5, 5.41) is 8.85. The summed E-state index contributed by atoms with van der Waals surface area (Å²) in [6, 6.07) is 11.0. The number of hydrogen-bond acceptors (Lipinski definition) is 3. The maximum absolute atomic E-state index is 8.85. The molecule has 0 radical (unpaired) electrons. The largest absolute Gasteiger partial charge is 0.494 e. The third-order valence-corrected chi connectivity index (χ3v) is 4.22. The Bertz CT molecular complexity index is 466. The first kappa shape index (κ1) is 14.9. The molecule has 0 bridgehead atoms. The molecule has 1 aromatic carbocycles. The fourth-order valence-corrected chi connectivity index (χ4v) is 3.06. The van der Waals surface area contributed by atoms with Crippen LogP contribution in [0.3, 0.4) is 0 Å². The van der Waals surface area contributed by atoms with Crippen molar-refractivity contribution in [2.75, 3.05) is 13.2 Å². The van der Waals surface area contributed by atoms with Crippen molar-refractivity contribution in [2.45, 2.75) is 51.6 Å². The highest BCUT2D eigenvalue weighted by atomic mass is 16.5. The summed E-state index contributed by atoms with van der Waals surface area (Å²) in [5.74, 6) is 0.797. The van der Waals surface area contributed by atoms with E-state index in [0.717, 1.165) is 24.8 Å². The molecule has 2 rings (SSSR count). The number of ether oxygens (including phenoxy) is 1. The fraction of sp³-hybridized carbons (Fsp3) is 0.588. The van der Waals surface area contributed by atoms with Gasteiger partial charge in [-0.25, -0.2) is 0 Å². The van der Waals surface area contributed by atoms with Crippen molar-refractivity contribution in [1.82, 2.24) is 4.90 Å². The van der Waals surface area contributed by atoms with Gasteiger partial charge in [0.1, 0.15) is 5.75 Å². The first-order chi connectivity index (χ1) is 9.74. The molecule has 2 atom stereocenters. The van der Waals surface area contributed by atoms with Crippen LogP contribution in [0.2, 0.25) is 0 Å². The number of rotatable bonds is 6. The maximum atomic E-state index is 8.85. The highest BCUT2D eigenvalue weighted by Gasteiger charge is 2.28. The standard InChI is InChI=1S/C17H24N2O/c1-3-16-9-8-14(2)19(16)10-5-11-20-17-7-4-6-15(12-17)13-18/h4,6-7,12,14,16H,3,5,8-11H2,1-2H3. The monoisotopic (exact) mass is 272 g/mol. The smallest absolute Gasteiger partial charge is 0.120 e. The van der Waals surface area contributed by atoms with Crippen LogP contribution in [-0.4, -0.2) is 30.1 Å². The highest BCUT2D eigenvalue weighted by Crippen LogP contribution is 2.25. The molecular formula is C17H24N2O. The second kappa shape index (κ2) is 7.31. The van der Waals surface area contributed by atoms with E-state index >= 15 is 0 Å². The van der Waals surface area contributed by atoms with Gasteiger partial charge < -0.3 is 4.74 Å². The zero-order valence-electron chi connectivity index (χ0n) is 12.5. The summed E-state index contributed by atoms with van der Waals surface area (Å²) in [5.41, 5.74) is 0.654. The van der Waals surface area contributed by atoms with Crippen molar-refractivity contribution in [2.24, 2.45) is 0 Å². The Labute approximate surface area is 122 Å². The molecule has 1 aromatic rings. The Hall–Kier alpha value is -1.53. The van der Waals surface area contributed by atoms with E-state index in [9.17, 15) is 0 Å². The molecule has 0 spiro atoms. The molecule has 0 amide bonds. The fourth-order valence-electron chi connectivity index (χ4n) is 3.06. The highest BCUT2D eigenvalue weighted by molar-refractivity contribution is 5.36. The van der Waals surface area contributed by atoms with Crippen LogP contribution >= 0.6 is 0 Å². The van der Waals surface area contributed by atoms with Crippen LogP contribution in [0.15, 0.2) is 24.3 Å². The van der Waals surface area contributed by atoms with Gasteiger partial charge in [-0.2, -0.15) is 5.26 Å². The number of hydrogen-bond donors (Lipinski definition) is 0. The van der Waals surface area contributed by atoms with Crippen molar-refractivity contribution in [3.8, 4) is 11.8 Å². The zero-order chi connectivity index (χ0) is 14.4. The average Bonchev–Trinajstić information content (AvgIpc) is 2.84. The Kier molecular flexibility index (Phi) is 5.43. The van der Waals surface area contributed by atoms with Crippen molar-refractivity contribution >= 4 is 0 Å². The molecule has 0 aliphatic carbocycles. The quantitative estimate of drug-likeness (QED) is 0.742. The van der Waals surface area contributed by atoms with E-state index in [2.05, 4.69) is 24.8 Å². The van der Waals surface area contributed by atoms with E-state index in [-0.39, 0.29) is 0 Å². The van der Waals surface area contributed by atoms with Crippen LogP contribution < -0.4 is 4.74 Å². The third kappa shape index (κ3) is 3.74. The van der Waals surface area contributed by atoms with E-state index in [4.69, 9.17) is 10.00 Å². The summed E-state index contributed by atoms with van der Waals surface area (Å²) in [4.78, 5) is 2.62. The van der Waals surface area contributed by atoms with E-state index in [0.29, 0.717) is 18.2 Å². The second-order valence-corrected chi connectivity index (χ2v) is 5.57. The molecule has 3 nitrogen and oxygen atoms in total. The predicted octanol–water partition coefficient (Wildman–Crippen LogP) is 3.59. The van der Waals surface area contributed by atoms with E-state index in [1.165, 1.54) is 19.3 Å². The van der Waals surface area contributed by atoms with Crippen LogP contribution in [0.1, 0.15) is 45.1 Å². The molecule has 1 aliphatic rings. The molecule has 1 fully saturated rings. The lowest BCUT2D eigenvalue weighted by atomic mass is 10.1. The Balaban J connectivity index is 1.74.